The highest BCUT2D eigenvalue weighted by atomic mass is 16.5. The average Bonchev–Trinajstić information content (AvgIpc) is 2.08. The Morgan fingerprint density at radius 1 is 1.27 bits per heavy atom. The topological polar surface area (TPSA) is 43.4 Å². The highest BCUT2D eigenvalue weighted by molar-refractivity contribution is 5.95. The number of hydrogen-bond donors (Lipinski definition) is 0. The summed E-state index contributed by atoms with van der Waals surface area (Å²) in [6.07, 6.45) is -0.173. The van der Waals surface area contributed by atoms with Gasteiger partial charge in [-0.1, -0.05) is 17.7 Å². The summed E-state index contributed by atoms with van der Waals surface area (Å²) in [6, 6.07) is 5.53. The van der Waals surface area contributed by atoms with Crippen LogP contribution in [0.15, 0.2) is 18.2 Å². The highest BCUT2D eigenvalue weighted by Crippen LogP contribution is 2.19. The third-order valence-corrected chi connectivity index (χ3v) is 1.95. The van der Waals surface area contributed by atoms with Crippen molar-refractivity contribution in [1.82, 2.24) is 0 Å². The zero-order chi connectivity index (χ0) is 11.4. The molecule has 0 radical (unpaired) electrons. The number of aryl methyl sites for hydroxylation is 2. The van der Waals surface area contributed by atoms with Crippen molar-refractivity contribution in [3.05, 3.63) is 29.3 Å². The van der Waals surface area contributed by atoms with Crippen molar-refractivity contribution in [2.24, 2.45) is 0 Å². The third-order valence-electron chi connectivity index (χ3n) is 1.95. The van der Waals surface area contributed by atoms with Crippen LogP contribution in [0.1, 0.15) is 24.5 Å². The fourth-order valence-electron chi connectivity index (χ4n) is 1.28. The minimum Gasteiger partial charge on any atom is -0.426 e. The Kier molecular flexibility index (Phi) is 3.61. The number of carbonyl (C=O) groups is 2. The Morgan fingerprint density at radius 3 is 2.47 bits per heavy atom. The molecule has 0 heterocycles. The van der Waals surface area contributed by atoms with Crippen LogP contribution in [-0.2, 0) is 9.59 Å². The molecule has 1 aromatic carbocycles. The molecule has 15 heavy (non-hydrogen) atoms. The standard InChI is InChI=1S/C12H14O3/c1-8-4-5-11(9(2)6-8)15-12(14)7-10(3)13/h4-6H,7H2,1-3H3. The fraction of sp³-hybridized carbons (Fsp3) is 0.333. The van der Waals surface area contributed by atoms with Gasteiger partial charge in [0.05, 0.1) is 0 Å². The first-order chi connectivity index (χ1) is 6.99. The van der Waals surface area contributed by atoms with Gasteiger partial charge in [-0.25, -0.2) is 0 Å². The molecule has 3 nitrogen and oxygen atoms in total. The van der Waals surface area contributed by atoms with Crippen LogP contribution < -0.4 is 4.74 Å². The van der Waals surface area contributed by atoms with Crippen LogP contribution in [-0.4, -0.2) is 11.8 Å². The molecule has 0 spiro atoms. The van der Waals surface area contributed by atoms with Gasteiger partial charge >= 0.3 is 5.97 Å². The normalized spacial score (nSPS) is 9.80. The van der Waals surface area contributed by atoms with E-state index in [1.807, 2.05) is 26.0 Å². The summed E-state index contributed by atoms with van der Waals surface area (Å²) in [5.41, 5.74) is 2.01. The monoisotopic (exact) mass is 206 g/mol. The van der Waals surface area contributed by atoms with Crippen LogP contribution >= 0.6 is 0 Å². The summed E-state index contributed by atoms with van der Waals surface area (Å²) >= 11 is 0. The molecule has 0 unspecified atom stereocenters. The van der Waals surface area contributed by atoms with Crippen molar-refractivity contribution >= 4 is 11.8 Å². The molecule has 0 saturated heterocycles. The van der Waals surface area contributed by atoms with E-state index in [9.17, 15) is 9.59 Å². The summed E-state index contributed by atoms with van der Waals surface area (Å²) in [4.78, 5) is 21.9. The molecule has 0 aliphatic carbocycles. The van der Waals surface area contributed by atoms with Gasteiger partial charge in [0.1, 0.15) is 18.0 Å². The second kappa shape index (κ2) is 4.73. The summed E-state index contributed by atoms with van der Waals surface area (Å²) in [7, 11) is 0. The largest absolute Gasteiger partial charge is 0.426 e. The molecule has 3 heteroatoms. The lowest BCUT2D eigenvalue weighted by Crippen LogP contribution is -2.12. The molecule has 0 N–H and O–H groups in total. The Bertz CT molecular complexity index is 394. The molecule has 0 aromatic heterocycles. The second-order valence-electron chi connectivity index (χ2n) is 3.62. The number of Topliss-reactive ketones (excluding diaryl/α,β-unsaturated/α-hetero) is 1. The summed E-state index contributed by atoms with van der Waals surface area (Å²) in [5, 5.41) is 0. The summed E-state index contributed by atoms with van der Waals surface area (Å²) < 4.78 is 5.05. The van der Waals surface area contributed by atoms with Crippen molar-refractivity contribution in [2.75, 3.05) is 0 Å². The molecule has 0 aliphatic heterocycles. The zero-order valence-corrected chi connectivity index (χ0v) is 9.16. The molecule has 0 saturated carbocycles. The first kappa shape index (κ1) is 11.4. The van der Waals surface area contributed by atoms with E-state index in [4.69, 9.17) is 4.74 Å². The molecule has 0 bridgehead atoms. The Hall–Kier alpha value is -1.64. The Labute approximate surface area is 89.1 Å². The number of rotatable bonds is 3. The number of ether oxygens (including phenoxy) is 1. The maximum absolute atomic E-state index is 11.2. The molecular weight excluding hydrogens is 192 g/mol. The molecule has 80 valence electrons. The minimum atomic E-state index is -0.505. The van der Waals surface area contributed by atoms with E-state index in [1.54, 1.807) is 6.07 Å². The lowest BCUT2D eigenvalue weighted by atomic mass is 10.1. The molecule has 0 amide bonds. The SMILES string of the molecule is CC(=O)CC(=O)Oc1ccc(C)cc1C. The van der Waals surface area contributed by atoms with Gasteiger partial charge < -0.3 is 4.74 Å². The van der Waals surface area contributed by atoms with Gasteiger partial charge in [0, 0.05) is 0 Å². The van der Waals surface area contributed by atoms with Crippen LogP contribution in [0, 0.1) is 13.8 Å². The number of hydrogen-bond acceptors (Lipinski definition) is 3. The lowest BCUT2D eigenvalue weighted by Gasteiger charge is -2.06. The quantitative estimate of drug-likeness (QED) is 0.432. The summed E-state index contributed by atoms with van der Waals surface area (Å²) in [6.45, 7) is 5.20. The first-order valence-corrected chi connectivity index (χ1v) is 4.76. The number of esters is 1. The Balaban J connectivity index is 2.72. The molecule has 0 atom stereocenters. The number of ketones is 1. The lowest BCUT2D eigenvalue weighted by molar-refractivity contribution is -0.137. The zero-order valence-electron chi connectivity index (χ0n) is 9.16. The van der Waals surface area contributed by atoms with Gasteiger partial charge in [-0.3, -0.25) is 9.59 Å². The third kappa shape index (κ3) is 3.54. The van der Waals surface area contributed by atoms with Crippen LogP contribution in [0.4, 0.5) is 0 Å². The van der Waals surface area contributed by atoms with E-state index in [0.717, 1.165) is 11.1 Å². The maximum atomic E-state index is 11.2. The number of benzene rings is 1. The van der Waals surface area contributed by atoms with Crippen LogP contribution in [0.25, 0.3) is 0 Å². The van der Waals surface area contributed by atoms with Gasteiger partial charge in [0.15, 0.2) is 0 Å². The van der Waals surface area contributed by atoms with Gasteiger partial charge in [-0.15, -0.1) is 0 Å². The van der Waals surface area contributed by atoms with Gasteiger partial charge in [0.25, 0.3) is 0 Å². The van der Waals surface area contributed by atoms with Crippen LogP contribution in [0.3, 0.4) is 0 Å². The molecule has 0 fully saturated rings. The maximum Gasteiger partial charge on any atom is 0.318 e. The van der Waals surface area contributed by atoms with E-state index < -0.39 is 5.97 Å². The van der Waals surface area contributed by atoms with Crippen molar-refractivity contribution < 1.29 is 14.3 Å². The van der Waals surface area contributed by atoms with Gasteiger partial charge in [-0.2, -0.15) is 0 Å². The van der Waals surface area contributed by atoms with E-state index >= 15 is 0 Å². The smallest absolute Gasteiger partial charge is 0.318 e. The van der Waals surface area contributed by atoms with Crippen molar-refractivity contribution in [1.29, 1.82) is 0 Å². The second-order valence-corrected chi connectivity index (χ2v) is 3.62. The Morgan fingerprint density at radius 2 is 1.93 bits per heavy atom. The average molecular weight is 206 g/mol. The predicted octanol–water partition coefficient (Wildman–Crippen LogP) is 2.19. The molecule has 1 rings (SSSR count). The summed E-state index contributed by atoms with van der Waals surface area (Å²) in [5.74, 6) is -0.175. The first-order valence-electron chi connectivity index (χ1n) is 4.76. The van der Waals surface area contributed by atoms with E-state index in [-0.39, 0.29) is 12.2 Å². The predicted molar refractivity (Wildman–Crippen MR) is 56.8 cm³/mol. The van der Waals surface area contributed by atoms with Crippen molar-refractivity contribution in [3.8, 4) is 5.75 Å². The van der Waals surface area contributed by atoms with Gasteiger partial charge in [0.2, 0.25) is 0 Å². The minimum absolute atomic E-state index is 0.173. The van der Waals surface area contributed by atoms with E-state index in [1.165, 1.54) is 6.92 Å². The fourth-order valence-corrected chi connectivity index (χ4v) is 1.28. The number of carbonyl (C=O) groups excluding carboxylic acids is 2. The molecule has 1 aromatic rings. The molecular formula is C12H14O3. The van der Waals surface area contributed by atoms with E-state index in [0.29, 0.717) is 5.75 Å². The van der Waals surface area contributed by atoms with Gasteiger partial charge in [-0.05, 0) is 32.4 Å². The van der Waals surface area contributed by atoms with E-state index in [2.05, 4.69) is 0 Å². The van der Waals surface area contributed by atoms with Crippen LogP contribution in [0.5, 0.6) is 5.75 Å². The molecule has 0 aliphatic rings. The highest BCUT2D eigenvalue weighted by Gasteiger charge is 2.09. The van der Waals surface area contributed by atoms with Crippen molar-refractivity contribution in [2.45, 2.75) is 27.2 Å². The van der Waals surface area contributed by atoms with Crippen LogP contribution in [0.2, 0.25) is 0 Å². The van der Waals surface area contributed by atoms with Crippen molar-refractivity contribution in [3.63, 3.8) is 0 Å².